The average Bonchev–Trinajstić information content (AvgIpc) is 2.41. The SMILES string of the molecule is CCCC1CCN(CC2(CO)CCCC(C)C2)CC1. The quantitative estimate of drug-likeness (QED) is 0.821. The summed E-state index contributed by atoms with van der Waals surface area (Å²) >= 11 is 0. The van der Waals surface area contributed by atoms with Gasteiger partial charge in [0.25, 0.3) is 0 Å². The number of piperidine rings is 1. The lowest BCUT2D eigenvalue weighted by atomic mass is 9.70. The van der Waals surface area contributed by atoms with Crippen molar-refractivity contribution >= 4 is 0 Å². The van der Waals surface area contributed by atoms with Crippen LogP contribution in [0.3, 0.4) is 0 Å². The average molecular weight is 267 g/mol. The topological polar surface area (TPSA) is 23.5 Å². The molecule has 1 aliphatic heterocycles. The number of hydrogen-bond donors (Lipinski definition) is 1. The van der Waals surface area contributed by atoms with E-state index in [0.717, 1.165) is 18.4 Å². The molecule has 0 radical (unpaired) electrons. The van der Waals surface area contributed by atoms with Gasteiger partial charge >= 0.3 is 0 Å². The molecule has 0 spiro atoms. The molecule has 0 aromatic heterocycles. The van der Waals surface area contributed by atoms with E-state index < -0.39 is 0 Å². The molecule has 2 unspecified atom stereocenters. The van der Waals surface area contributed by atoms with Gasteiger partial charge in [0.05, 0.1) is 0 Å². The van der Waals surface area contributed by atoms with Crippen LogP contribution in [0.5, 0.6) is 0 Å². The Morgan fingerprint density at radius 3 is 2.53 bits per heavy atom. The Hall–Kier alpha value is -0.0800. The van der Waals surface area contributed by atoms with Crippen LogP contribution >= 0.6 is 0 Å². The lowest BCUT2D eigenvalue weighted by Gasteiger charge is -2.44. The van der Waals surface area contributed by atoms with Crippen LogP contribution in [-0.4, -0.2) is 36.2 Å². The Morgan fingerprint density at radius 2 is 1.95 bits per heavy atom. The minimum Gasteiger partial charge on any atom is -0.396 e. The molecule has 1 heterocycles. The van der Waals surface area contributed by atoms with Crippen LogP contribution in [0.2, 0.25) is 0 Å². The first-order valence-electron chi connectivity index (χ1n) is 8.50. The number of aliphatic hydroxyl groups excluding tert-OH is 1. The molecular formula is C17H33NO. The maximum absolute atomic E-state index is 9.90. The van der Waals surface area contributed by atoms with Gasteiger partial charge in [0, 0.05) is 18.6 Å². The van der Waals surface area contributed by atoms with Gasteiger partial charge in [-0.25, -0.2) is 0 Å². The predicted molar refractivity (Wildman–Crippen MR) is 81.2 cm³/mol. The summed E-state index contributed by atoms with van der Waals surface area (Å²) in [5.41, 5.74) is 0.218. The zero-order chi connectivity index (χ0) is 13.7. The van der Waals surface area contributed by atoms with Gasteiger partial charge in [-0.05, 0) is 50.6 Å². The fraction of sp³-hybridized carbons (Fsp3) is 1.00. The Balaban J connectivity index is 1.82. The molecule has 1 N–H and O–H groups in total. The summed E-state index contributed by atoms with van der Waals surface area (Å²) in [4.78, 5) is 2.64. The highest BCUT2D eigenvalue weighted by Gasteiger charge is 2.36. The fourth-order valence-electron chi connectivity index (χ4n) is 4.42. The Bertz CT molecular complexity index is 260. The molecule has 19 heavy (non-hydrogen) atoms. The van der Waals surface area contributed by atoms with Crippen LogP contribution < -0.4 is 0 Å². The first-order chi connectivity index (χ1) is 9.17. The predicted octanol–water partition coefficient (Wildman–Crippen LogP) is 3.69. The van der Waals surface area contributed by atoms with Crippen molar-refractivity contribution in [1.82, 2.24) is 4.90 Å². The second-order valence-corrected chi connectivity index (χ2v) is 7.37. The standard InChI is InChI=1S/C17H33NO/c1-3-5-16-7-10-18(11-8-16)13-17(14-19)9-4-6-15(2)12-17/h15-16,19H,3-14H2,1-2H3. The van der Waals surface area contributed by atoms with E-state index in [1.54, 1.807) is 0 Å². The van der Waals surface area contributed by atoms with Gasteiger partial charge in [0.15, 0.2) is 0 Å². The third kappa shape index (κ3) is 4.19. The highest BCUT2D eigenvalue weighted by atomic mass is 16.3. The van der Waals surface area contributed by atoms with Crippen molar-refractivity contribution in [3.63, 3.8) is 0 Å². The van der Waals surface area contributed by atoms with E-state index in [2.05, 4.69) is 18.7 Å². The van der Waals surface area contributed by atoms with Crippen molar-refractivity contribution < 1.29 is 5.11 Å². The molecule has 2 heteroatoms. The maximum Gasteiger partial charge on any atom is 0.0499 e. The molecule has 2 aliphatic rings. The first kappa shape index (κ1) is 15.3. The van der Waals surface area contributed by atoms with E-state index in [-0.39, 0.29) is 5.41 Å². The second-order valence-electron chi connectivity index (χ2n) is 7.37. The van der Waals surface area contributed by atoms with Crippen LogP contribution in [0.25, 0.3) is 0 Å². The van der Waals surface area contributed by atoms with E-state index in [0.29, 0.717) is 6.61 Å². The zero-order valence-corrected chi connectivity index (χ0v) is 13.0. The largest absolute Gasteiger partial charge is 0.396 e. The van der Waals surface area contributed by atoms with Crippen LogP contribution in [0, 0.1) is 17.3 Å². The second kappa shape index (κ2) is 7.08. The molecule has 112 valence electrons. The molecule has 1 saturated heterocycles. The summed E-state index contributed by atoms with van der Waals surface area (Å²) in [7, 11) is 0. The zero-order valence-electron chi connectivity index (χ0n) is 13.0. The van der Waals surface area contributed by atoms with Gasteiger partial charge in [-0.3, -0.25) is 0 Å². The maximum atomic E-state index is 9.90. The number of likely N-dealkylation sites (tertiary alicyclic amines) is 1. The van der Waals surface area contributed by atoms with Crippen LogP contribution in [0.4, 0.5) is 0 Å². The molecule has 0 aromatic carbocycles. The lowest BCUT2D eigenvalue weighted by Crippen LogP contribution is -2.45. The van der Waals surface area contributed by atoms with Gasteiger partial charge in [-0.2, -0.15) is 0 Å². The number of nitrogens with zero attached hydrogens (tertiary/aromatic N) is 1. The monoisotopic (exact) mass is 267 g/mol. The molecule has 2 nitrogen and oxygen atoms in total. The van der Waals surface area contributed by atoms with E-state index >= 15 is 0 Å². The molecule has 2 fully saturated rings. The van der Waals surface area contributed by atoms with E-state index in [1.165, 1.54) is 64.5 Å². The molecule has 0 amide bonds. The van der Waals surface area contributed by atoms with Gasteiger partial charge in [0.1, 0.15) is 0 Å². The van der Waals surface area contributed by atoms with E-state index in [9.17, 15) is 5.11 Å². The van der Waals surface area contributed by atoms with Crippen LogP contribution in [0.15, 0.2) is 0 Å². The van der Waals surface area contributed by atoms with Crippen LogP contribution in [-0.2, 0) is 0 Å². The highest BCUT2D eigenvalue weighted by molar-refractivity contribution is 4.88. The van der Waals surface area contributed by atoms with Crippen molar-refractivity contribution in [1.29, 1.82) is 0 Å². The molecule has 0 bridgehead atoms. The van der Waals surface area contributed by atoms with Gasteiger partial charge in [-0.15, -0.1) is 0 Å². The molecule has 2 rings (SSSR count). The molecule has 0 aromatic rings. The Morgan fingerprint density at radius 1 is 1.21 bits per heavy atom. The number of rotatable bonds is 5. The summed E-state index contributed by atoms with van der Waals surface area (Å²) < 4.78 is 0. The number of aliphatic hydroxyl groups is 1. The summed E-state index contributed by atoms with van der Waals surface area (Å²) in [5.74, 6) is 1.77. The molecule has 1 saturated carbocycles. The molecule has 2 atom stereocenters. The van der Waals surface area contributed by atoms with E-state index in [1.807, 2.05) is 0 Å². The first-order valence-corrected chi connectivity index (χ1v) is 8.50. The summed E-state index contributed by atoms with van der Waals surface area (Å²) in [5, 5.41) is 9.90. The summed E-state index contributed by atoms with van der Waals surface area (Å²) in [6, 6.07) is 0. The van der Waals surface area contributed by atoms with E-state index in [4.69, 9.17) is 0 Å². The third-order valence-electron chi connectivity index (χ3n) is 5.48. The Kier molecular flexibility index (Phi) is 5.70. The molecular weight excluding hydrogens is 234 g/mol. The smallest absolute Gasteiger partial charge is 0.0499 e. The minimum atomic E-state index is 0.218. The van der Waals surface area contributed by atoms with Gasteiger partial charge in [0.2, 0.25) is 0 Å². The lowest BCUT2D eigenvalue weighted by molar-refractivity contribution is 0.0136. The normalized spacial score (nSPS) is 34.6. The minimum absolute atomic E-state index is 0.218. The fourth-order valence-corrected chi connectivity index (χ4v) is 4.42. The Labute approximate surface area is 119 Å². The van der Waals surface area contributed by atoms with Crippen molar-refractivity contribution in [3.8, 4) is 0 Å². The van der Waals surface area contributed by atoms with Crippen molar-refractivity contribution in [2.45, 2.75) is 65.2 Å². The van der Waals surface area contributed by atoms with Gasteiger partial charge in [-0.1, -0.05) is 39.5 Å². The third-order valence-corrected chi connectivity index (χ3v) is 5.48. The van der Waals surface area contributed by atoms with Crippen molar-refractivity contribution in [2.24, 2.45) is 17.3 Å². The highest BCUT2D eigenvalue weighted by Crippen LogP contribution is 2.40. The summed E-state index contributed by atoms with van der Waals surface area (Å²) in [6.45, 7) is 8.73. The van der Waals surface area contributed by atoms with Crippen LogP contribution in [0.1, 0.15) is 65.2 Å². The number of hydrogen-bond acceptors (Lipinski definition) is 2. The van der Waals surface area contributed by atoms with Crippen molar-refractivity contribution in [3.05, 3.63) is 0 Å². The summed E-state index contributed by atoms with van der Waals surface area (Å²) in [6.07, 6.45) is 10.7. The van der Waals surface area contributed by atoms with Crippen molar-refractivity contribution in [2.75, 3.05) is 26.2 Å². The molecule has 1 aliphatic carbocycles. The van der Waals surface area contributed by atoms with Gasteiger partial charge < -0.3 is 10.0 Å².